The first-order chi connectivity index (χ1) is 12.6. The number of methoxy groups -OCH3 is 3. The lowest BCUT2D eigenvalue weighted by Crippen LogP contribution is -2.29. The second kappa shape index (κ2) is 10.2. The van der Waals surface area contributed by atoms with Gasteiger partial charge in [0.2, 0.25) is 0 Å². The van der Waals surface area contributed by atoms with Gasteiger partial charge in [0.05, 0.1) is 21.3 Å². The highest BCUT2D eigenvalue weighted by Crippen LogP contribution is 2.27. The van der Waals surface area contributed by atoms with Crippen molar-refractivity contribution in [2.75, 3.05) is 34.5 Å². The van der Waals surface area contributed by atoms with Crippen LogP contribution in [-0.2, 0) is 11.2 Å². The Hall–Kier alpha value is -2.89. The molecule has 6 heteroatoms. The molecule has 26 heavy (non-hydrogen) atoms. The first-order valence-corrected chi connectivity index (χ1v) is 8.40. The zero-order valence-corrected chi connectivity index (χ0v) is 15.4. The van der Waals surface area contributed by atoms with Crippen LogP contribution in [-0.4, -0.2) is 40.4 Å². The van der Waals surface area contributed by atoms with Crippen LogP contribution in [0, 0.1) is 0 Å². The number of amides is 1. The Morgan fingerprint density at radius 3 is 2.19 bits per heavy atom. The number of benzene rings is 2. The maximum atomic E-state index is 11.9. The van der Waals surface area contributed by atoms with Gasteiger partial charge >= 0.3 is 0 Å². The Balaban J connectivity index is 1.72. The Morgan fingerprint density at radius 1 is 0.885 bits per heavy atom. The van der Waals surface area contributed by atoms with Gasteiger partial charge in [0.15, 0.2) is 6.61 Å². The van der Waals surface area contributed by atoms with Crippen LogP contribution < -0.4 is 24.3 Å². The first-order valence-electron chi connectivity index (χ1n) is 8.40. The van der Waals surface area contributed by atoms with Gasteiger partial charge in [-0.1, -0.05) is 12.1 Å². The molecule has 2 rings (SSSR count). The molecule has 1 N–H and O–H groups in total. The molecular weight excluding hydrogens is 334 g/mol. The summed E-state index contributed by atoms with van der Waals surface area (Å²) in [7, 11) is 4.78. The second-order valence-electron chi connectivity index (χ2n) is 5.64. The van der Waals surface area contributed by atoms with Crippen LogP contribution in [0.2, 0.25) is 0 Å². The van der Waals surface area contributed by atoms with Gasteiger partial charge in [-0.25, -0.2) is 0 Å². The third kappa shape index (κ3) is 6.20. The van der Waals surface area contributed by atoms with Crippen LogP contribution in [0.3, 0.4) is 0 Å². The Bertz CT molecular complexity index is 695. The third-order valence-corrected chi connectivity index (χ3v) is 3.79. The van der Waals surface area contributed by atoms with Crippen molar-refractivity contribution in [2.24, 2.45) is 0 Å². The van der Waals surface area contributed by atoms with Crippen molar-refractivity contribution in [3.05, 3.63) is 48.0 Å². The molecule has 140 valence electrons. The maximum Gasteiger partial charge on any atom is 0.257 e. The highest BCUT2D eigenvalue weighted by atomic mass is 16.5. The van der Waals surface area contributed by atoms with Crippen molar-refractivity contribution in [3.63, 3.8) is 0 Å². The number of carbonyl (C=O) groups excluding carboxylic acids is 1. The number of carbonyl (C=O) groups is 1. The number of hydrogen-bond donors (Lipinski definition) is 1. The summed E-state index contributed by atoms with van der Waals surface area (Å²) in [5, 5.41) is 2.85. The molecule has 0 saturated heterocycles. The van der Waals surface area contributed by atoms with Crippen LogP contribution in [0.5, 0.6) is 23.0 Å². The average molecular weight is 359 g/mol. The Morgan fingerprint density at radius 2 is 1.54 bits per heavy atom. The van der Waals surface area contributed by atoms with E-state index >= 15 is 0 Å². The Kier molecular flexibility index (Phi) is 7.61. The molecule has 0 aromatic heterocycles. The average Bonchev–Trinajstić information content (AvgIpc) is 2.69. The molecule has 0 bridgehead atoms. The van der Waals surface area contributed by atoms with Crippen molar-refractivity contribution in [2.45, 2.75) is 12.8 Å². The molecular formula is C20H25NO5. The molecule has 0 radical (unpaired) electrons. The van der Waals surface area contributed by atoms with Gasteiger partial charge in [0, 0.05) is 24.7 Å². The van der Waals surface area contributed by atoms with Crippen molar-refractivity contribution in [1.82, 2.24) is 5.32 Å². The molecule has 2 aromatic rings. The van der Waals surface area contributed by atoms with Gasteiger partial charge in [0.1, 0.15) is 23.0 Å². The van der Waals surface area contributed by atoms with Crippen LogP contribution >= 0.6 is 0 Å². The van der Waals surface area contributed by atoms with Gasteiger partial charge in [-0.2, -0.15) is 0 Å². The van der Waals surface area contributed by atoms with E-state index in [0.717, 1.165) is 18.6 Å². The molecule has 1 amide bonds. The molecule has 0 aliphatic carbocycles. The lowest BCUT2D eigenvalue weighted by atomic mass is 10.1. The number of nitrogens with one attached hydrogen (secondary N) is 1. The Labute approximate surface area is 154 Å². The fourth-order valence-corrected chi connectivity index (χ4v) is 2.41. The normalized spacial score (nSPS) is 10.1. The minimum atomic E-state index is -0.169. The lowest BCUT2D eigenvalue weighted by Gasteiger charge is -2.10. The SMILES string of the molecule is COc1cccc(CCCNC(=O)COc2cc(OC)cc(OC)c2)c1. The summed E-state index contributed by atoms with van der Waals surface area (Å²) >= 11 is 0. The largest absolute Gasteiger partial charge is 0.497 e. The van der Waals surface area contributed by atoms with E-state index in [0.29, 0.717) is 23.8 Å². The zero-order chi connectivity index (χ0) is 18.8. The molecule has 0 spiro atoms. The van der Waals surface area contributed by atoms with E-state index in [2.05, 4.69) is 5.32 Å². The summed E-state index contributed by atoms with van der Waals surface area (Å²) in [6, 6.07) is 13.1. The second-order valence-corrected chi connectivity index (χ2v) is 5.64. The highest BCUT2D eigenvalue weighted by Gasteiger charge is 2.06. The van der Waals surface area contributed by atoms with E-state index in [1.807, 2.05) is 24.3 Å². The molecule has 0 atom stereocenters. The summed E-state index contributed by atoms with van der Waals surface area (Å²) < 4.78 is 21.1. The van der Waals surface area contributed by atoms with Crippen LogP contribution in [0.4, 0.5) is 0 Å². The molecule has 2 aromatic carbocycles. The summed E-state index contributed by atoms with van der Waals surface area (Å²) in [4.78, 5) is 11.9. The van der Waals surface area contributed by atoms with Crippen LogP contribution in [0.1, 0.15) is 12.0 Å². The van der Waals surface area contributed by atoms with E-state index in [-0.39, 0.29) is 12.5 Å². The van der Waals surface area contributed by atoms with E-state index in [9.17, 15) is 4.79 Å². The predicted molar refractivity (Wildman–Crippen MR) is 99.4 cm³/mol. The van der Waals surface area contributed by atoms with E-state index in [4.69, 9.17) is 18.9 Å². The summed E-state index contributed by atoms with van der Waals surface area (Å²) in [6.45, 7) is 0.524. The smallest absolute Gasteiger partial charge is 0.257 e. The van der Waals surface area contributed by atoms with Crippen molar-refractivity contribution < 1.29 is 23.7 Å². The molecule has 0 saturated carbocycles. The van der Waals surface area contributed by atoms with E-state index in [1.165, 1.54) is 5.56 Å². The standard InChI is InChI=1S/C20H25NO5/c1-23-16-8-4-6-15(10-16)7-5-9-21-20(22)14-26-19-12-17(24-2)11-18(13-19)25-3/h4,6,8,10-13H,5,7,9,14H2,1-3H3,(H,21,22). The molecule has 0 heterocycles. The zero-order valence-electron chi connectivity index (χ0n) is 15.4. The van der Waals surface area contributed by atoms with Gasteiger partial charge in [0.25, 0.3) is 5.91 Å². The number of hydrogen-bond acceptors (Lipinski definition) is 5. The fourth-order valence-electron chi connectivity index (χ4n) is 2.41. The minimum Gasteiger partial charge on any atom is -0.497 e. The van der Waals surface area contributed by atoms with E-state index < -0.39 is 0 Å². The van der Waals surface area contributed by atoms with Crippen LogP contribution in [0.15, 0.2) is 42.5 Å². The monoisotopic (exact) mass is 359 g/mol. The molecule has 0 fully saturated rings. The van der Waals surface area contributed by atoms with Gasteiger partial charge in [-0.15, -0.1) is 0 Å². The third-order valence-electron chi connectivity index (χ3n) is 3.79. The van der Waals surface area contributed by atoms with Crippen molar-refractivity contribution in [3.8, 4) is 23.0 Å². The lowest BCUT2D eigenvalue weighted by molar-refractivity contribution is -0.123. The van der Waals surface area contributed by atoms with Gasteiger partial charge in [-0.3, -0.25) is 4.79 Å². The van der Waals surface area contributed by atoms with Gasteiger partial charge in [-0.05, 0) is 30.5 Å². The summed E-state index contributed by atoms with van der Waals surface area (Å²) in [5.41, 5.74) is 1.18. The highest BCUT2D eigenvalue weighted by molar-refractivity contribution is 5.77. The predicted octanol–water partition coefficient (Wildman–Crippen LogP) is 2.84. The molecule has 0 aliphatic heterocycles. The summed E-state index contributed by atoms with van der Waals surface area (Å²) in [6.07, 6.45) is 1.71. The van der Waals surface area contributed by atoms with Crippen molar-refractivity contribution in [1.29, 1.82) is 0 Å². The minimum absolute atomic E-state index is 0.0600. The topological polar surface area (TPSA) is 66.0 Å². The van der Waals surface area contributed by atoms with Gasteiger partial charge < -0.3 is 24.3 Å². The summed E-state index contributed by atoms with van der Waals surface area (Å²) in [5.74, 6) is 2.41. The first kappa shape index (κ1) is 19.4. The van der Waals surface area contributed by atoms with E-state index in [1.54, 1.807) is 39.5 Å². The number of aryl methyl sites for hydroxylation is 1. The number of ether oxygens (including phenoxy) is 4. The number of rotatable bonds is 10. The van der Waals surface area contributed by atoms with Crippen molar-refractivity contribution >= 4 is 5.91 Å². The van der Waals surface area contributed by atoms with Crippen LogP contribution in [0.25, 0.3) is 0 Å². The molecule has 6 nitrogen and oxygen atoms in total. The maximum absolute atomic E-state index is 11.9. The molecule has 0 unspecified atom stereocenters. The molecule has 0 aliphatic rings. The fraction of sp³-hybridized carbons (Fsp3) is 0.350. The quantitative estimate of drug-likeness (QED) is 0.661.